The van der Waals surface area contributed by atoms with E-state index in [0.717, 1.165) is 37.8 Å². The van der Waals surface area contributed by atoms with Crippen molar-refractivity contribution >= 4 is 17.6 Å². The first kappa shape index (κ1) is 27.7. The van der Waals surface area contributed by atoms with Crippen LogP contribution in [0.4, 0.5) is 4.39 Å². The van der Waals surface area contributed by atoms with E-state index >= 15 is 0 Å². The lowest BCUT2D eigenvalue weighted by Crippen LogP contribution is -2.72. The highest BCUT2D eigenvalue weighted by Crippen LogP contribution is 2.57. The molecule has 0 bridgehead atoms. The lowest BCUT2D eigenvalue weighted by atomic mass is 9.66. The molecule has 0 spiro atoms. The van der Waals surface area contributed by atoms with Crippen molar-refractivity contribution in [3.8, 4) is 11.3 Å². The van der Waals surface area contributed by atoms with Gasteiger partial charge >= 0.3 is 0 Å². The fourth-order valence-electron chi connectivity index (χ4n) is 6.28. The summed E-state index contributed by atoms with van der Waals surface area (Å²) in [5, 5.41) is 6.86. The molecule has 8 heteroatoms. The molecule has 3 atom stereocenters. The summed E-state index contributed by atoms with van der Waals surface area (Å²) in [6, 6.07) is 17.2. The summed E-state index contributed by atoms with van der Waals surface area (Å²) in [6.45, 7) is 5.03. The summed E-state index contributed by atoms with van der Waals surface area (Å²) >= 11 is 0. The Morgan fingerprint density at radius 1 is 1.10 bits per heavy atom. The summed E-state index contributed by atoms with van der Waals surface area (Å²) in [7, 11) is 0. The van der Waals surface area contributed by atoms with E-state index in [9.17, 15) is 18.8 Å². The van der Waals surface area contributed by atoms with Gasteiger partial charge in [-0.3, -0.25) is 14.4 Å². The molecule has 3 fully saturated rings. The van der Waals surface area contributed by atoms with Crippen molar-refractivity contribution in [1.82, 2.24) is 15.4 Å². The van der Waals surface area contributed by atoms with Crippen LogP contribution >= 0.6 is 0 Å². The quantitative estimate of drug-likeness (QED) is 0.298. The zero-order valence-electron chi connectivity index (χ0n) is 23.1. The number of rotatable bonds is 6. The highest BCUT2D eigenvalue weighted by molar-refractivity contribution is 6.12. The Hall–Kier alpha value is -3.81. The van der Waals surface area contributed by atoms with Gasteiger partial charge < -0.3 is 14.7 Å². The van der Waals surface area contributed by atoms with Gasteiger partial charge in [0.05, 0.1) is 12.0 Å². The van der Waals surface area contributed by atoms with Crippen LogP contribution in [-0.2, 0) is 9.59 Å². The molecule has 2 amide bonds. The number of ketones is 1. The summed E-state index contributed by atoms with van der Waals surface area (Å²) < 4.78 is 18.7. The minimum atomic E-state index is -0.890. The maximum atomic E-state index is 13.9. The number of carbonyl (C=O) groups excluding carboxylic acids is 3. The van der Waals surface area contributed by atoms with Crippen molar-refractivity contribution in [2.24, 2.45) is 11.8 Å². The Kier molecular flexibility index (Phi) is 8.14. The summed E-state index contributed by atoms with van der Waals surface area (Å²) in [6.07, 6.45) is 6.17. The number of benzene rings is 2. The second kappa shape index (κ2) is 11.7. The third kappa shape index (κ3) is 5.31. The molecule has 210 valence electrons. The van der Waals surface area contributed by atoms with Gasteiger partial charge in [0, 0.05) is 24.6 Å². The van der Waals surface area contributed by atoms with E-state index in [1.54, 1.807) is 23.1 Å². The molecule has 1 unspecified atom stereocenters. The monoisotopic (exact) mass is 545 g/mol. The number of hydrogen-bond acceptors (Lipinski definition) is 5. The van der Waals surface area contributed by atoms with E-state index < -0.39 is 5.54 Å². The maximum Gasteiger partial charge on any atom is 0.229 e. The number of amides is 2. The average Bonchev–Trinajstić information content (AvgIpc) is 3.51. The number of hydrogen-bond donors (Lipinski definition) is 1. The molecule has 0 radical (unpaired) electrons. The van der Waals surface area contributed by atoms with E-state index in [2.05, 4.69) is 24.3 Å². The second-order valence-corrected chi connectivity index (χ2v) is 11.4. The Morgan fingerprint density at radius 3 is 2.58 bits per heavy atom. The van der Waals surface area contributed by atoms with E-state index in [4.69, 9.17) is 4.52 Å². The van der Waals surface area contributed by atoms with Gasteiger partial charge in [-0.05, 0) is 67.9 Å². The molecular formula is C32H36FN3O4. The molecule has 4 heterocycles. The van der Waals surface area contributed by atoms with Crippen LogP contribution in [-0.4, -0.2) is 39.7 Å². The largest absolute Gasteiger partial charge is 0.356 e. The van der Waals surface area contributed by atoms with Crippen molar-refractivity contribution < 1.29 is 23.3 Å². The standard InChI is InChI=1S/C26H25FN2O3.C6H11NO/c1-16(2)14-20-25(31)29-22(17-6-4-3-5-7-17)12-13-26(20,29)24(30)21-15-23(32-28-21)18-8-10-19(27)11-9-18;8-6-4-2-1-3-5-7-6/h3-11,15-16,20,22H,12-14H2,1-2H3;1-5H2,(H,7,8)/t20-,22+,26?;/m1./s1. The summed E-state index contributed by atoms with van der Waals surface area (Å²) in [5.41, 5.74) is 1.01. The maximum absolute atomic E-state index is 13.9. The molecule has 3 saturated heterocycles. The first-order chi connectivity index (χ1) is 19.3. The molecule has 7 nitrogen and oxygen atoms in total. The number of carbonyl (C=O) groups is 3. The van der Waals surface area contributed by atoms with E-state index in [-0.39, 0.29) is 41.1 Å². The first-order valence-corrected chi connectivity index (χ1v) is 14.2. The highest BCUT2D eigenvalue weighted by Gasteiger charge is 2.69. The van der Waals surface area contributed by atoms with Gasteiger partial charge in [-0.25, -0.2) is 4.39 Å². The molecule has 2 aromatic carbocycles. The van der Waals surface area contributed by atoms with Crippen molar-refractivity contribution in [1.29, 1.82) is 0 Å². The number of nitrogens with zero attached hydrogens (tertiary/aromatic N) is 2. The molecule has 1 aromatic heterocycles. The first-order valence-electron chi connectivity index (χ1n) is 14.2. The lowest BCUT2D eigenvalue weighted by molar-refractivity contribution is -0.165. The number of aromatic nitrogens is 1. The highest BCUT2D eigenvalue weighted by atomic mass is 19.1. The Bertz CT molecular complexity index is 1340. The molecule has 3 aliphatic rings. The number of nitrogens with one attached hydrogen (secondary N) is 1. The van der Waals surface area contributed by atoms with Crippen molar-refractivity contribution in [2.75, 3.05) is 6.54 Å². The summed E-state index contributed by atoms with van der Waals surface area (Å²) in [4.78, 5) is 39.5. The van der Waals surface area contributed by atoms with Crippen LogP contribution in [0.25, 0.3) is 11.3 Å². The van der Waals surface area contributed by atoms with Gasteiger partial charge in [-0.15, -0.1) is 0 Å². The second-order valence-electron chi connectivity index (χ2n) is 11.4. The van der Waals surface area contributed by atoms with Crippen LogP contribution < -0.4 is 5.32 Å². The molecule has 3 aromatic rings. The zero-order chi connectivity index (χ0) is 28.3. The normalized spacial score (nSPS) is 23.9. The minimum Gasteiger partial charge on any atom is -0.356 e. The summed E-state index contributed by atoms with van der Waals surface area (Å²) in [5.74, 6) is 0.0937. The number of fused-ring (bicyclic) bond motifs is 1. The zero-order valence-corrected chi connectivity index (χ0v) is 23.1. The predicted octanol–water partition coefficient (Wildman–Crippen LogP) is 6.12. The van der Waals surface area contributed by atoms with E-state index in [1.807, 2.05) is 30.3 Å². The van der Waals surface area contributed by atoms with Crippen molar-refractivity contribution in [2.45, 2.75) is 70.4 Å². The van der Waals surface area contributed by atoms with Gasteiger partial charge in [0.1, 0.15) is 11.4 Å². The third-order valence-corrected chi connectivity index (χ3v) is 8.21. The van der Waals surface area contributed by atoms with Gasteiger partial charge in [0.25, 0.3) is 0 Å². The van der Waals surface area contributed by atoms with E-state index in [0.29, 0.717) is 30.1 Å². The van der Waals surface area contributed by atoms with Crippen LogP contribution in [0.5, 0.6) is 0 Å². The van der Waals surface area contributed by atoms with Crippen molar-refractivity contribution in [3.05, 3.63) is 77.7 Å². The van der Waals surface area contributed by atoms with Gasteiger partial charge in [-0.2, -0.15) is 0 Å². The smallest absolute Gasteiger partial charge is 0.229 e. The van der Waals surface area contributed by atoms with Crippen LogP contribution in [0.2, 0.25) is 0 Å². The number of halogens is 1. The Balaban J connectivity index is 0.000000348. The molecule has 6 rings (SSSR count). The van der Waals surface area contributed by atoms with Gasteiger partial charge in [0.15, 0.2) is 11.5 Å². The molecule has 3 aliphatic heterocycles. The number of β-lactam (4-membered cyclic amide) rings is 1. The topological polar surface area (TPSA) is 92.5 Å². The molecule has 1 N–H and O–H groups in total. The van der Waals surface area contributed by atoms with E-state index in [1.165, 1.54) is 18.6 Å². The predicted molar refractivity (Wildman–Crippen MR) is 149 cm³/mol. The van der Waals surface area contributed by atoms with Crippen LogP contribution in [0.15, 0.2) is 65.2 Å². The SMILES string of the molecule is CC(C)C[C@@H]1C(=O)N2[C@H](c3ccccc3)CCC12C(=O)c1cc(-c2ccc(F)cc2)on1.O=C1CCCCCN1. The Morgan fingerprint density at radius 2 is 1.85 bits per heavy atom. The van der Waals surface area contributed by atoms with Crippen LogP contribution in [0, 0.1) is 17.7 Å². The lowest BCUT2D eigenvalue weighted by Gasteiger charge is -2.55. The van der Waals surface area contributed by atoms with Crippen LogP contribution in [0.3, 0.4) is 0 Å². The minimum absolute atomic E-state index is 0.0423. The van der Waals surface area contributed by atoms with Crippen molar-refractivity contribution in [3.63, 3.8) is 0 Å². The number of Topliss-reactive ketones (excluding diaryl/α,β-unsaturated/α-hetero) is 1. The molecule has 40 heavy (non-hydrogen) atoms. The van der Waals surface area contributed by atoms with Crippen LogP contribution in [0.1, 0.15) is 80.9 Å². The molecular weight excluding hydrogens is 509 g/mol. The third-order valence-electron chi connectivity index (χ3n) is 8.21. The van der Waals surface area contributed by atoms with Gasteiger partial charge in [0.2, 0.25) is 17.6 Å². The fourth-order valence-corrected chi connectivity index (χ4v) is 6.28. The van der Waals surface area contributed by atoms with Gasteiger partial charge in [-0.1, -0.05) is 55.8 Å². The average molecular weight is 546 g/mol. The fraction of sp³-hybridized carbons (Fsp3) is 0.438. The Labute approximate surface area is 234 Å². The molecule has 0 aliphatic carbocycles. The molecule has 0 saturated carbocycles.